The van der Waals surface area contributed by atoms with E-state index in [9.17, 15) is 19.2 Å². The van der Waals surface area contributed by atoms with E-state index in [1.54, 1.807) is 37.8 Å². The number of allylic oxidation sites excluding steroid dienone is 2. The highest BCUT2D eigenvalue weighted by Gasteiger charge is 2.35. The fraction of sp³-hybridized carbons (Fsp3) is 0.739. The number of aliphatic hydroxyl groups is 1. The van der Waals surface area contributed by atoms with Crippen molar-refractivity contribution in [3.8, 4) is 0 Å². The lowest BCUT2D eigenvalue weighted by Gasteiger charge is -2.29. The Hall–Kier alpha value is -2.42. The van der Waals surface area contributed by atoms with Gasteiger partial charge in [-0.2, -0.15) is 0 Å². The number of nitrogens with one attached hydrogen (secondary N) is 1. The van der Waals surface area contributed by atoms with Crippen molar-refractivity contribution in [2.24, 2.45) is 11.8 Å². The number of carbonyl (C=O) groups is 4. The van der Waals surface area contributed by atoms with Crippen LogP contribution in [0.5, 0.6) is 0 Å². The van der Waals surface area contributed by atoms with Gasteiger partial charge in [0.2, 0.25) is 11.8 Å². The Kier molecular flexibility index (Phi) is 9.68. The molecule has 2 heterocycles. The summed E-state index contributed by atoms with van der Waals surface area (Å²) in [5, 5.41) is 11.5. The third-order valence-corrected chi connectivity index (χ3v) is 5.47. The number of rotatable bonds is 6. The average Bonchev–Trinajstić information content (AvgIpc) is 3.17. The molecule has 3 atom stereocenters. The molecule has 0 radical (unpaired) electrons. The minimum absolute atomic E-state index is 0.0213. The molecular weight excluding hydrogens is 416 g/mol. The summed E-state index contributed by atoms with van der Waals surface area (Å²) in [7, 11) is 0. The first-order chi connectivity index (χ1) is 15.1. The third-order valence-electron chi connectivity index (χ3n) is 5.47. The average molecular weight is 453 g/mol. The molecule has 9 heteroatoms. The minimum Gasteiger partial charge on any atom is -0.463 e. The molecule has 1 saturated heterocycles. The van der Waals surface area contributed by atoms with Crippen molar-refractivity contribution in [1.29, 1.82) is 0 Å². The van der Waals surface area contributed by atoms with Gasteiger partial charge in [0.05, 0.1) is 30.9 Å². The predicted molar refractivity (Wildman–Crippen MR) is 116 cm³/mol. The summed E-state index contributed by atoms with van der Waals surface area (Å²) in [6.07, 6.45) is 5.62. The van der Waals surface area contributed by atoms with Gasteiger partial charge in [0.1, 0.15) is 12.2 Å². The second-order valence-electron chi connectivity index (χ2n) is 9.36. The highest BCUT2D eigenvalue weighted by Crippen LogP contribution is 2.25. The fourth-order valence-electron chi connectivity index (χ4n) is 3.96. The van der Waals surface area contributed by atoms with E-state index in [2.05, 4.69) is 5.32 Å². The molecule has 0 aromatic rings. The molecule has 32 heavy (non-hydrogen) atoms. The van der Waals surface area contributed by atoms with Crippen LogP contribution in [0, 0.1) is 11.8 Å². The van der Waals surface area contributed by atoms with Crippen LogP contribution in [0.1, 0.15) is 59.3 Å². The second kappa shape index (κ2) is 12.0. The Bertz CT molecular complexity index is 714. The summed E-state index contributed by atoms with van der Waals surface area (Å²) >= 11 is 0. The molecule has 1 fully saturated rings. The van der Waals surface area contributed by atoms with E-state index in [4.69, 9.17) is 14.6 Å². The van der Waals surface area contributed by atoms with Crippen LogP contribution in [0.3, 0.4) is 0 Å². The Morgan fingerprint density at radius 2 is 1.88 bits per heavy atom. The first-order valence-electron chi connectivity index (χ1n) is 11.3. The Labute approximate surface area is 189 Å². The summed E-state index contributed by atoms with van der Waals surface area (Å²) in [5.74, 6) is -2.56. The van der Waals surface area contributed by atoms with Crippen molar-refractivity contribution in [3.05, 3.63) is 12.2 Å². The van der Waals surface area contributed by atoms with Crippen molar-refractivity contribution in [2.45, 2.75) is 70.9 Å². The number of esters is 2. The standard InChI is InChI=1S/C23H36N2O7/c1-23(2,3)32-20(28)14-17-8-5-4-7-16(13-19(27)24-10-12-26)21(29)25-11-6-9-18(25)15-31-22(17)30/h4-5,16-18,26H,6-15H2,1-3H3,(H,24,27)/b5-4+/t16-,17+,18-/m1/s1. The number of nitrogens with zero attached hydrogens (tertiary/aromatic N) is 1. The summed E-state index contributed by atoms with van der Waals surface area (Å²) in [6.45, 7) is 5.92. The monoisotopic (exact) mass is 452 g/mol. The van der Waals surface area contributed by atoms with Crippen LogP contribution in [0.4, 0.5) is 0 Å². The molecular formula is C23H36N2O7. The van der Waals surface area contributed by atoms with Gasteiger partial charge in [-0.1, -0.05) is 12.2 Å². The van der Waals surface area contributed by atoms with Crippen molar-refractivity contribution in [1.82, 2.24) is 10.2 Å². The topological polar surface area (TPSA) is 122 Å². The summed E-state index contributed by atoms with van der Waals surface area (Å²) < 4.78 is 10.9. The van der Waals surface area contributed by atoms with Gasteiger partial charge in [-0.05, 0) is 46.5 Å². The molecule has 2 N–H and O–H groups in total. The molecule has 0 bridgehead atoms. The van der Waals surface area contributed by atoms with E-state index in [1.807, 2.05) is 0 Å². The lowest BCUT2D eigenvalue weighted by Crippen LogP contribution is -2.44. The van der Waals surface area contributed by atoms with Crippen molar-refractivity contribution in [2.75, 3.05) is 26.3 Å². The van der Waals surface area contributed by atoms with Gasteiger partial charge in [0.25, 0.3) is 0 Å². The van der Waals surface area contributed by atoms with Crippen LogP contribution in [0.15, 0.2) is 12.2 Å². The quantitative estimate of drug-likeness (QED) is 0.460. The zero-order valence-corrected chi connectivity index (χ0v) is 19.3. The molecule has 0 saturated carbocycles. The maximum absolute atomic E-state index is 13.1. The number of ether oxygens (including phenoxy) is 2. The molecule has 0 unspecified atom stereocenters. The van der Waals surface area contributed by atoms with Gasteiger partial charge in [-0.15, -0.1) is 0 Å². The maximum atomic E-state index is 13.1. The van der Waals surface area contributed by atoms with E-state index in [-0.39, 0.29) is 56.9 Å². The molecule has 2 aliphatic heterocycles. The van der Waals surface area contributed by atoms with Crippen molar-refractivity contribution >= 4 is 23.8 Å². The number of fused-ring (bicyclic) bond motifs is 1. The number of hydrogen-bond donors (Lipinski definition) is 2. The zero-order valence-electron chi connectivity index (χ0n) is 19.3. The molecule has 0 aromatic heterocycles. The van der Waals surface area contributed by atoms with Crippen molar-refractivity contribution < 1.29 is 33.8 Å². The van der Waals surface area contributed by atoms with E-state index in [1.165, 1.54) is 0 Å². The van der Waals surface area contributed by atoms with Crippen molar-refractivity contribution in [3.63, 3.8) is 0 Å². The Balaban J connectivity index is 2.14. The molecule has 2 amide bonds. The first-order valence-corrected chi connectivity index (χ1v) is 11.3. The number of carbonyl (C=O) groups excluding carboxylic acids is 4. The lowest BCUT2D eigenvalue weighted by molar-refractivity contribution is -0.162. The molecule has 2 rings (SSSR count). The van der Waals surface area contributed by atoms with Crippen LogP contribution in [-0.2, 0) is 28.7 Å². The zero-order chi connectivity index (χ0) is 23.7. The SMILES string of the molecule is CC(C)(C)OC(=O)C[C@@H]1C/C=C/C[C@H](CC(=O)NCCO)C(=O)N2CCC[C@@H]2COC1=O. The smallest absolute Gasteiger partial charge is 0.309 e. The normalized spacial score (nSPS) is 25.8. The van der Waals surface area contributed by atoms with E-state index < -0.39 is 29.4 Å². The highest BCUT2D eigenvalue weighted by molar-refractivity contribution is 5.86. The fourth-order valence-corrected chi connectivity index (χ4v) is 3.96. The van der Waals surface area contributed by atoms with Crippen LogP contribution in [0.2, 0.25) is 0 Å². The van der Waals surface area contributed by atoms with E-state index in [0.717, 1.165) is 12.8 Å². The summed E-state index contributed by atoms with van der Waals surface area (Å²) in [6, 6.07) is -0.236. The molecule has 0 spiro atoms. The summed E-state index contributed by atoms with van der Waals surface area (Å²) in [5.41, 5.74) is -0.642. The molecule has 0 aliphatic carbocycles. The van der Waals surface area contributed by atoms with Crippen LogP contribution in [0.25, 0.3) is 0 Å². The first kappa shape index (κ1) is 25.8. The highest BCUT2D eigenvalue weighted by atomic mass is 16.6. The van der Waals surface area contributed by atoms with Crippen LogP contribution >= 0.6 is 0 Å². The van der Waals surface area contributed by atoms with Gasteiger partial charge in [-0.25, -0.2) is 0 Å². The van der Waals surface area contributed by atoms with Crippen LogP contribution in [-0.4, -0.2) is 71.7 Å². The van der Waals surface area contributed by atoms with Gasteiger partial charge in [0.15, 0.2) is 0 Å². The second-order valence-corrected chi connectivity index (χ2v) is 9.36. The Morgan fingerprint density at radius 3 is 2.53 bits per heavy atom. The van der Waals surface area contributed by atoms with Gasteiger partial charge < -0.3 is 24.8 Å². The number of cyclic esters (lactones) is 1. The molecule has 0 aromatic carbocycles. The largest absolute Gasteiger partial charge is 0.463 e. The summed E-state index contributed by atoms with van der Waals surface area (Å²) in [4.78, 5) is 52.0. The van der Waals surface area contributed by atoms with Gasteiger partial charge in [0, 0.05) is 19.5 Å². The van der Waals surface area contributed by atoms with E-state index in [0.29, 0.717) is 13.0 Å². The number of amides is 2. The predicted octanol–water partition coefficient (Wildman–Crippen LogP) is 1.33. The minimum atomic E-state index is -0.669. The number of hydrogen-bond acceptors (Lipinski definition) is 7. The maximum Gasteiger partial charge on any atom is 0.309 e. The third kappa shape index (κ3) is 8.26. The lowest BCUT2D eigenvalue weighted by atomic mass is 9.96. The number of aliphatic hydroxyl groups excluding tert-OH is 1. The van der Waals surface area contributed by atoms with E-state index >= 15 is 0 Å². The molecule has 2 aliphatic rings. The van der Waals surface area contributed by atoms with Crippen LogP contribution < -0.4 is 5.32 Å². The molecule has 9 nitrogen and oxygen atoms in total. The van der Waals surface area contributed by atoms with Gasteiger partial charge in [-0.3, -0.25) is 19.2 Å². The van der Waals surface area contributed by atoms with Gasteiger partial charge >= 0.3 is 11.9 Å². The molecule has 180 valence electrons. The Morgan fingerprint density at radius 1 is 1.19 bits per heavy atom.